The van der Waals surface area contributed by atoms with Gasteiger partial charge in [0.25, 0.3) is 0 Å². The molecule has 142 valence electrons. The maximum absolute atomic E-state index is 12.2. The van der Waals surface area contributed by atoms with Crippen molar-refractivity contribution in [3.63, 3.8) is 0 Å². The molecule has 1 aromatic rings. The summed E-state index contributed by atoms with van der Waals surface area (Å²) in [4.78, 5) is 21.1. The summed E-state index contributed by atoms with van der Waals surface area (Å²) < 4.78 is 0. The Bertz CT molecular complexity index is 826. The van der Waals surface area contributed by atoms with Crippen LogP contribution in [-0.2, 0) is 4.79 Å². The van der Waals surface area contributed by atoms with E-state index in [0.29, 0.717) is 18.1 Å². The van der Waals surface area contributed by atoms with Crippen molar-refractivity contribution in [2.24, 2.45) is 28.6 Å². The van der Waals surface area contributed by atoms with Crippen molar-refractivity contribution < 1.29 is 4.79 Å². The number of ketones is 1. The molecule has 5 atom stereocenters. The number of allylic oxidation sites excluding steroid dienone is 4. The molecular weight excluding hydrogens is 332 g/mol. The highest BCUT2D eigenvalue weighted by atomic mass is 16.1. The van der Waals surface area contributed by atoms with Gasteiger partial charge in [-0.15, -0.1) is 0 Å². The summed E-state index contributed by atoms with van der Waals surface area (Å²) in [5.41, 5.74) is 4.43. The SMILES string of the molecule is C[C@]12CCCC(=O)CC1=CC[C@@H]1[C@@H]2CC[C@]2(C)C(c3cnccn3)=CC[C@@H]12. The third-order valence-electron chi connectivity index (χ3n) is 8.58. The van der Waals surface area contributed by atoms with Gasteiger partial charge in [0.1, 0.15) is 5.78 Å². The van der Waals surface area contributed by atoms with Gasteiger partial charge in [-0.1, -0.05) is 31.6 Å². The third-order valence-corrected chi connectivity index (χ3v) is 8.58. The fraction of sp³-hybridized carbons (Fsp3) is 0.625. The number of hydrogen-bond acceptors (Lipinski definition) is 3. The summed E-state index contributed by atoms with van der Waals surface area (Å²) in [6.45, 7) is 4.95. The first kappa shape index (κ1) is 17.3. The van der Waals surface area contributed by atoms with E-state index in [1.54, 1.807) is 6.20 Å². The quantitative estimate of drug-likeness (QED) is 0.629. The van der Waals surface area contributed by atoms with Crippen molar-refractivity contribution in [2.45, 2.75) is 65.2 Å². The molecule has 0 saturated heterocycles. The van der Waals surface area contributed by atoms with Gasteiger partial charge in [-0.25, -0.2) is 0 Å². The monoisotopic (exact) mass is 362 g/mol. The van der Waals surface area contributed by atoms with E-state index in [4.69, 9.17) is 0 Å². The van der Waals surface area contributed by atoms with Crippen LogP contribution in [0.25, 0.3) is 5.57 Å². The summed E-state index contributed by atoms with van der Waals surface area (Å²) in [6.07, 6.45) is 19.0. The number of fused-ring (bicyclic) bond motifs is 5. The number of nitrogens with zero attached hydrogens (tertiary/aromatic N) is 2. The number of Topliss-reactive ketones (excluding diaryl/α,β-unsaturated/α-hetero) is 1. The van der Waals surface area contributed by atoms with Crippen LogP contribution in [0.5, 0.6) is 0 Å². The summed E-state index contributed by atoms with van der Waals surface area (Å²) in [5.74, 6) is 2.62. The van der Waals surface area contributed by atoms with Crippen LogP contribution in [0, 0.1) is 28.6 Å². The second-order valence-electron chi connectivity index (χ2n) is 9.73. The van der Waals surface area contributed by atoms with Crippen LogP contribution in [0.1, 0.15) is 70.9 Å². The molecule has 3 nitrogen and oxygen atoms in total. The lowest BCUT2D eigenvalue weighted by atomic mass is 9.48. The van der Waals surface area contributed by atoms with E-state index in [-0.39, 0.29) is 10.8 Å². The number of carbonyl (C=O) groups excluding carboxylic acids is 1. The van der Waals surface area contributed by atoms with Crippen molar-refractivity contribution in [3.8, 4) is 0 Å². The fourth-order valence-electron chi connectivity index (χ4n) is 7.13. The summed E-state index contributed by atoms with van der Waals surface area (Å²) in [6, 6.07) is 0. The minimum Gasteiger partial charge on any atom is -0.299 e. The average Bonchev–Trinajstić information content (AvgIpc) is 2.93. The first-order chi connectivity index (χ1) is 13.0. The van der Waals surface area contributed by atoms with E-state index in [1.807, 2.05) is 12.4 Å². The molecule has 0 amide bonds. The Morgan fingerprint density at radius 3 is 2.74 bits per heavy atom. The maximum Gasteiger partial charge on any atom is 0.136 e. The highest BCUT2D eigenvalue weighted by Gasteiger charge is 2.56. The molecule has 1 heterocycles. The Morgan fingerprint density at radius 2 is 1.93 bits per heavy atom. The van der Waals surface area contributed by atoms with Crippen LogP contribution in [0.4, 0.5) is 0 Å². The molecule has 0 radical (unpaired) electrons. The van der Waals surface area contributed by atoms with Gasteiger partial charge in [-0.2, -0.15) is 0 Å². The Morgan fingerprint density at radius 1 is 1.04 bits per heavy atom. The topological polar surface area (TPSA) is 42.9 Å². The van der Waals surface area contributed by atoms with Crippen LogP contribution in [0.2, 0.25) is 0 Å². The molecular formula is C24H30N2O. The lowest BCUT2D eigenvalue weighted by Crippen LogP contribution is -2.48. The molecule has 0 unspecified atom stereocenters. The highest BCUT2D eigenvalue weighted by Crippen LogP contribution is 2.65. The van der Waals surface area contributed by atoms with Crippen molar-refractivity contribution in [1.29, 1.82) is 0 Å². The molecule has 0 spiro atoms. The predicted octanol–water partition coefficient (Wildman–Crippen LogP) is 5.39. The zero-order chi connectivity index (χ0) is 18.6. The predicted molar refractivity (Wildman–Crippen MR) is 107 cm³/mol. The zero-order valence-corrected chi connectivity index (χ0v) is 16.6. The molecule has 0 bridgehead atoms. The van der Waals surface area contributed by atoms with Crippen LogP contribution < -0.4 is 0 Å². The average molecular weight is 363 g/mol. The second kappa shape index (κ2) is 6.12. The lowest BCUT2D eigenvalue weighted by Gasteiger charge is -2.56. The van der Waals surface area contributed by atoms with Gasteiger partial charge in [-0.3, -0.25) is 14.8 Å². The van der Waals surface area contributed by atoms with Crippen molar-refractivity contribution in [3.05, 3.63) is 42.0 Å². The molecule has 0 N–H and O–H groups in total. The maximum atomic E-state index is 12.2. The first-order valence-electron chi connectivity index (χ1n) is 10.7. The lowest BCUT2D eigenvalue weighted by molar-refractivity contribution is -0.118. The molecule has 5 rings (SSSR count). The van der Waals surface area contributed by atoms with Crippen molar-refractivity contribution in [2.75, 3.05) is 0 Å². The largest absolute Gasteiger partial charge is 0.299 e. The van der Waals surface area contributed by atoms with Gasteiger partial charge in [0.05, 0.1) is 11.9 Å². The highest BCUT2D eigenvalue weighted by molar-refractivity contribution is 5.81. The Kier molecular flexibility index (Phi) is 3.93. The molecule has 4 aliphatic carbocycles. The van der Waals surface area contributed by atoms with Crippen LogP contribution in [-0.4, -0.2) is 15.8 Å². The molecule has 0 aliphatic heterocycles. The number of rotatable bonds is 1. The standard InChI is InChI=1S/C24H30N2O/c1-23-10-3-4-17(27)14-16(23)5-6-18-19-7-8-21(22-15-25-12-13-26-22)24(19,2)11-9-20(18)23/h5,8,12-13,15,18-20H,3-4,6-7,9-11,14H2,1-2H3/t18-,19-,20-,23-,24-/m0/s1. The van der Waals surface area contributed by atoms with Gasteiger partial charge < -0.3 is 0 Å². The van der Waals surface area contributed by atoms with Crippen LogP contribution >= 0.6 is 0 Å². The van der Waals surface area contributed by atoms with Crippen LogP contribution in [0.3, 0.4) is 0 Å². The molecule has 2 saturated carbocycles. The summed E-state index contributed by atoms with van der Waals surface area (Å²) >= 11 is 0. The normalized spacial score (nSPS) is 41.0. The molecule has 4 aliphatic rings. The minimum atomic E-state index is 0.222. The number of hydrogen-bond donors (Lipinski definition) is 0. The van der Waals surface area contributed by atoms with E-state index in [1.165, 1.54) is 36.8 Å². The minimum absolute atomic E-state index is 0.222. The molecule has 3 heteroatoms. The fourth-order valence-corrected chi connectivity index (χ4v) is 7.13. The third kappa shape index (κ3) is 2.50. The van der Waals surface area contributed by atoms with Crippen molar-refractivity contribution >= 4 is 11.4 Å². The first-order valence-corrected chi connectivity index (χ1v) is 10.7. The Hall–Kier alpha value is -1.77. The number of carbonyl (C=O) groups is 1. The van der Waals surface area contributed by atoms with Crippen LogP contribution in [0.15, 0.2) is 36.3 Å². The summed E-state index contributed by atoms with van der Waals surface area (Å²) in [7, 11) is 0. The van der Waals surface area contributed by atoms with Gasteiger partial charge in [0.15, 0.2) is 0 Å². The van der Waals surface area contributed by atoms with E-state index in [9.17, 15) is 4.79 Å². The van der Waals surface area contributed by atoms with Gasteiger partial charge in [0, 0.05) is 25.2 Å². The number of aromatic nitrogens is 2. The summed E-state index contributed by atoms with van der Waals surface area (Å²) in [5, 5.41) is 0. The van der Waals surface area contributed by atoms with Gasteiger partial charge in [0.2, 0.25) is 0 Å². The molecule has 1 aromatic heterocycles. The molecule has 27 heavy (non-hydrogen) atoms. The van der Waals surface area contributed by atoms with Gasteiger partial charge >= 0.3 is 0 Å². The van der Waals surface area contributed by atoms with E-state index in [2.05, 4.69) is 36.0 Å². The van der Waals surface area contributed by atoms with Crippen molar-refractivity contribution in [1.82, 2.24) is 9.97 Å². The Balaban J connectivity index is 1.48. The Labute approximate surface area is 162 Å². The van der Waals surface area contributed by atoms with E-state index in [0.717, 1.165) is 36.8 Å². The van der Waals surface area contributed by atoms with E-state index < -0.39 is 0 Å². The van der Waals surface area contributed by atoms with E-state index >= 15 is 0 Å². The second-order valence-corrected chi connectivity index (χ2v) is 9.73. The molecule has 0 aromatic carbocycles. The zero-order valence-electron chi connectivity index (χ0n) is 16.6. The smallest absolute Gasteiger partial charge is 0.136 e. The van der Waals surface area contributed by atoms with Gasteiger partial charge in [-0.05, 0) is 72.7 Å². The molecule has 2 fully saturated rings.